The number of nitro benzene ring substituents is 1. The number of nitrogens with zero attached hydrogens (tertiary/aromatic N) is 3. The van der Waals surface area contributed by atoms with Crippen LogP contribution in [0.25, 0.3) is 10.9 Å². The summed E-state index contributed by atoms with van der Waals surface area (Å²) in [5.74, 6) is 0. The molecule has 9 nitrogen and oxygen atoms in total. The van der Waals surface area contributed by atoms with Gasteiger partial charge < -0.3 is 15.0 Å². The zero-order chi connectivity index (χ0) is 18.9. The molecule has 1 aliphatic heterocycles. The van der Waals surface area contributed by atoms with E-state index in [-0.39, 0.29) is 16.7 Å². The number of rotatable bonds is 3. The fourth-order valence-electron chi connectivity index (χ4n) is 3.24. The largest absolute Gasteiger partial charge is 0.444 e. The number of aromatic amines is 1. The molecule has 2 N–H and O–H groups in total. The second-order valence-electron chi connectivity index (χ2n) is 7.45. The first-order chi connectivity index (χ1) is 12.2. The van der Waals surface area contributed by atoms with Crippen molar-refractivity contribution in [2.24, 2.45) is 0 Å². The van der Waals surface area contributed by atoms with Gasteiger partial charge in [0, 0.05) is 25.2 Å². The van der Waals surface area contributed by atoms with Gasteiger partial charge in [-0.1, -0.05) is 0 Å². The van der Waals surface area contributed by atoms with Crippen LogP contribution in [0.2, 0.25) is 0 Å². The minimum Gasteiger partial charge on any atom is -0.444 e. The van der Waals surface area contributed by atoms with Crippen LogP contribution in [0.15, 0.2) is 18.3 Å². The van der Waals surface area contributed by atoms with Crippen molar-refractivity contribution >= 4 is 28.4 Å². The summed E-state index contributed by atoms with van der Waals surface area (Å²) in [6.07, 6.45) is 2.74. The third-order valence-electron chi connectivity index (χ3n) is 4.23. The van der Waals surface area contributed by atoms with Crippen LogP contribution in [-0.4, -0.2) is 45.9 Å². The molecule has 0 aliphatic carbocycles. The number of alkyl carbamates (subject to hydrolysis) is 1. The number of nitro groups is 1. The Morgan fingerprint density at radius 2 is 2.23 bits per heavy atom. The van der Waals surface area contributed by atoms with Crippen LogP contribution in [0, 0.1) is 10.1 Å². The molecule has 2 heterocycles. The standard InChI is InChI=1S/C17H23N5O4/c1-17(2,3)26-16(23)19-11-5-4-8-21(10-11)15-12-9-18-20-13(12)6-7-14(15)22(24)25/h6-7,9,11H,4-5,8,10H2,1-3H3,(H,18,20)(H,19,23)/t11-/m1/s1. The van der Waals surface area contributed by atoms with Gasteiger partial charge in [0.2, 0.25) is 0 Å². The van der Waals surface area contributed by atoms with Crippen LogP contribution in [-0.2, 0) is 4.74 Å². The van der Waals surface area contributed by atoms with Crippen LogP contribution < -0.4 is 10.2 Å². The predicted molar refractivity (Wildman–Crippen MR) is 97.4 cm³/mol. The zero-order valence-electron chi connectivity index (χ0n) is 15.1. The number of hydrogen-bond donors (Lipinski definition) is 2. The van der Waals surface area contributed by atoms with Gasteiger partial charge in [-0.25, -0.2) is 4.79 Å². The molecule has 0 unspecified atom stereocenters. The maximum Gasteiger partial charge on any atom is 0.407 e. The van der Waals surface area contributed by atoms with Crippen molar-refractivity contribution in [3.63, 3.8) is 0 Å². The molecule has 0 saturated carbocycles. The molecule has 3 rings (SSSR count). The number of ether oxygens (including phenoxy) is 1. The van der Waals surface area contributed by atoms with E-state index in [0.717, 1.165) is 18.4 Å². The number of nitrogens with one attached hydrogen (secondary N) is 2. The molecular formula is C17H23N5O4. The van der Waals surface area contributed by atoms with Crippen LogP contribution in [0.4, 0.5) is 16.2 Å². The zero-order valence-corrected chi connectivity index (χ0v) is 15.1. The molecule has 0 bridgehead atoms. The first kappa shape index (κ1) is 18.0. The highest BCUT2D eigenvalue weighted by Crippen LogP contribution is 2.36. The van der Waals surface area contributed by atoms with Gasteiger partial charge in [-0.15, -0.1) is 0 Å². The molecule has 26 heavy (non-hydrogen) atoms. The van der Waals surface area contributed by atoms with Gasteiger partial charge >= 0.3 is 6.09 Å². The Morgan fingerprint density at radius 1 is 1.46 bits per heavy atom. The first-order valence-electron chi connectivity index (χ1n) is 8.59. The van der Waals surface area contributed by atoms with E-state index < -0.39 is 11.7 Å². The van der Waals surface area contributed by atoms with Crippen molar-refractivity contribution in [2.45, 2.75) is 45.3 Å². The molecule has 1 fully saturated rings. The summed E-state index contributed by atoms with van der Waals surface area (Å²) >= 11 is 0. The Kier molecular flexibility index (Phi) is 4.71. The summed E-state index contributed by atoms with van der Waals surface area (Å²) in [7, 11) is 0. The van der Waals surface area contributed by atoms with Gasteiger partial charge in [0.1, 0.15) is 11.3 Å². The van der Waals surface area contributed by atoms with Gasteiger partial charge in [-0.05, 0) is 39.7 Å². The number of piperidine rings is 1. The summed E-state index contributed by atoms with van der Waals surface area (Å²) < 4.78 is 5.31. The Balaban J connectivity index is 1.83. The molecule has 1 aliphatic rings. The van der Waals surface area contributed by atoms with Crippen LogP contribution in [0.1, 0.15) is 33.6 Å². The number of fused-ring (bicyclic) bond motifs is 1. The molecule has 2 aromatic rings. The lowest BCUT2D eigenvalue weighted by atomic mass is 10.0. The Bertz CT molecular complexity index is 826. The average Bonchev–Trinajstić information content (AvgIpc) is 3.00. The molecule has 1 saturated heterocycles. The highest BCUT2D eigenvalue weighted by Gasteiger charge is 2.29. The summed E-state index contributed by atoms with van der Waals surface area (Å²) in [6.45, 7) is 6.58. The van der Waals surface area contributed by atoms with E-state index in [2.05, 4.69) is 15.5 Å². The van der Waals surface area contributed by atoms with Gasteiger partial charge in [0.05, 0.1) is 22.0 Å². The van der Waals surface area contributed by atoms with Crippen molar-refractivity contribution in [3.8, 4) is 0 Å². The van der Waals surface area contributed by atoms with Crippen LogP contribution in [0.5, 0.6) is 0 Å². The summed E-state index contributed by atoms with van der Waals surface area (Å²) in [4.78, 5) is 25.1. The van der Waals surface area contributed by atoms with Crippen LogP contribution in [0.3, 0.4) is 0 Å². The highest BCUT2D eigenvalue weighted by atomic mass is 16.6. The van der Waals surface area contributed by atoms with E-state index in [1.807, 2.05) is 25.7 Å². The van der Waals surface area contributed by atoms with Gasteiger partial charge in [0.25, 0.3) is 5.69 Å². The van der Waals surface area contributed by atoms with E-state index in [4.69, 9.17) is 4.74 Å². The number of hydrogen-bond acceptors (Lipinski definition) is 6. The van der Waals surface area contributed by atoms with E-state index >= 15 is 0 Å². The van der Waals surface area contributed by atoms with E-state index in [0.29, 0.717) is 24.2 Å². The van der Waals surface area contributed by atoms with Crippen molar-refractivity contribution in [2.75, 3.05) is 18.0 Å². The summed E-state index contributed by atoms with van der Waals surface area (Å²) in [5.41, 5.74) is 0.751. The molecule has 1 amide bonds. The number of carbonyl (C=O) groups is 1. The first-order valence-corrected chi connectivity index (χ1v) is 8.59. The highest BCUT2D eigenvalue weighted by molar-refractivity contribution is 5.96. The van der Waals surface area contributed by atoms with Crippen LogP contribution >= 0.6 is 0 Å². The monoisotopic (exact) mass is 361 g/mol. The second kappa shape index (κ2) is 6.81. The van der Waals surface area contributed by atoms with Crippen molar-refractivity contribution in [3.05, 3.63) is 28.4 Å². The minimum absolute atomic E-state index is 0.0387. The summed E-state index contributed by atoms with van der Waals surface area (Å²) in [6, 6.07) is 3.01. The van der Waals surface area contributed by atoms with Crippen molar-refractivity contribution in [1.82, 2.24) is 15.5 Å². The fraction of sp³-hybridized carbons (Fsp3) is 0.529. The van der Waals surface area contributed by atoms with Gasteiger partial charge in [-0.2, -0.15) is 5.10 Å². The maximum atomic E-state index is 12.0. The third kappa shape index (κ3) is 3.87. The molecule has 0 radical (unpaired) electrons. The lowest BCUT2D eigenvalue weighted by molar-refractivity contribution is -0.384. The fourth-order valence-corrected chi connectivity index (χ4v) is 3.24. The molecular weight excluding hydrogens is 338 g/mol. The summed E-state index contributed by atoms with van der Waals surface area (Å²) in [5, 5.41) is 21.9. The number of amides is 1. The molecule has 0 spiro atoms. The smallest absolute Gasteiger partial charge is 0.407 e. The molecule has 1 aromatic heterocycles. The average molecular weight is 361 g/mol. The number of anilines is 1. The lowest BCUT2D eigenvalue weighted by Gasteiger charge is -2.35. The lowest BCUT2D eigenvalue weighted by Crippen LogP contribution is -2.49. The van der Waals surface area contributed by atoms with Gasteiger partial charge in [0.15, 0.2) is 0 Å². The Labute approximate surface area is 150 Å². The van der Waals surface area contributed by atoms with Crippen molar-refractivity contribution < 1.29 is 14.5 Å². The Morgan fingerprint density at radius 3 is 2.92 bits per heavy atom. The minimum atomic E-state index is -0.570. The van der Waals surface area contributed by atoms with E-state index in [1.54, 1.807) is 12.3 Å². The predicted octanol–water partition coefficient (Wildman–Crippen LogP) is 2.96. The number of carbonyl (C=O) groups excluding carboxylic acids is 1. The van der Waals surface area contributed by atoms with E-state index in [1.165, 1.54) is 6.07 Å². The van der Waals surface area contributed by atoms with Gasteiger partial charge in [-0.3, -0.25) is 15.2 Å². The maximum absolute atomic E-state index is 12.0. The quantitative estimate of drug-likeness (QED) is 0.642. The normalized spacial score (nSPS) is 18.0. The molecule has 1 atom stereocenters. The number of H-pyrrole nitrogens is 1. The number of aromatic nitrogens is 2. The SMILES string of the molecule is CC(C)(C)OC(=O)N[C@@H]1CCCN(c2c([N+](=O)[O-])ccc3[nH]ncc23)C1. The molecule has 1 aromatic carbocycles. The topological polar surface area (TPSA) is 113 Å². The molecule has 9 heteroatoms. The number of benzene rings is 1. The van der Waals surface area contributed by atoms with Crippen molar-refractivity contribution in [1.29, 1.82) is 0 Å². The second-order valence-corrected chi connectivity index (χ2v) is 7.45. The Hall–Kier alpha value is -2.84. The third-order valence-corrected chi connectivity index (χ3v) is 4.23. The molecule has 140 valence electrons. The van der Waals surface area contributed by atoms with E-state index in [9.17, 15) is 14.9 Å².